The van der Waals surface area contributed by atoms with Gasteiger partial charge in [0.2, 0.25) is 5.91 Å². The monoisotopic (exact) mass is 243 g/mol. The zero-order valence-electron chi connectivity index (χ0n) is 9.46. The van der Waals surface area contributed by atoms with Gasteiger partial charge in [0.05, 0.1) is 6.42 Å². The van der Waals surface area contributed by atoms with Gasteiger partial charge in [-0.2, -0.15) is 0 Å². The first-order chi connectivity index (χ1) is 7.58. The molecule has 0 aliphatic heterocycles. The number of carbonyl (C=O) groups excluding carboxylic acids is 1. The van der Waals surface area contributed by atoms with E-state index in [1.54, 1.807) is 17.0 Å². The molecule has 1 aromatic carbocycles. The normalized spacial score (nSPS) is 10.2. The summed E-state index contributed by atoms with van der Waals surface area (Å²) < 4.78 is 13.4. The van der Waals surface area contributed by atoms with Crippen molar-refractivity contribution in [3.8, 4) is 0 Å². The molecular weight excluding hydrogens is 229 g/mol. The highest BCUT2D eigenvalue weighted by molar-refractivity contribution is 6.30. The maximum Gasteiger partial charge on any atom is 0.227 e. The first kappa shape index (κ1) is 13.0. The summed E-state index contributed by atoms with van der Waals surface area (Å²) >= 11 is 5.64. The van der Waals surface area contributed by atoms with Gasteiger partial charge in [-0.15, -0.1) is 0 Å². The van der Waals surface area contributed by atoms with Crippen LogP contribution >= 0.6 is 11.6 Å². The predicted molar refractivity (Wildman–Crippen MR) is 63.0 cm³/mol. The maximum absolute atomic E-state index is 13.4. The molecule has 1 aromatic rings. The van der Waals surface area contributed by atoms with E-state index in [9.17, 15) is 9.18 Å². The number of benzene rings is 1. The van der Waals surface area contributed by atoms with Gasteiger partial charge in [0.25, 0.3) is 0 Å². The number of hydrogen-bond donors (Lipinski definition) is 0. The lowest BCUT2D eigenvalue weighted by Gasteiger charge is -2.18. The van der Waals surface area contributed by atoms with Gasteiger partial charge in [-0.3, -0.25) is 4.79 Å². The summed E-state index contributed by atoms with van der Waals surface area (Å²) in [5.41, 5.74) is 0.390. The molecule has 2 nitrogen and oxygen atoms in total. The van der Waals surface area contributed by atoms with Crippen LogP contribution in [0.5, 0.6) is 0 Å². The van der Waals surface area contributed by atoms with Gasteiger partial charge in [0, 0.05) is 18.1 Å². The fraction of sp³-hybridized carbons (Fsp3) is 0.417. The third-order valence-electron chi connectivity index (χ3n) is 2.47. The van der Waals surface area contributed by atoms with E-state index in [0.29, 0.717) is 23.7 Å². The molecule has 0 aromatic heterocycles. The Balaban J connectivity index is 2.76. The summed E-state index contributed by atoms with van der Waals surface area (Å²) in [6.07, 6.45) is 0.0880. The van der Waals surface area contributed by atoms with Crippen LogP contribution in [0.25, 0.3) is 0 Å². The zero-order valence-corrected chi connectivity index (χ0v) is 10.2. The van der Waals surface area contributed by atoms with Crippen molar-refractivity contribution in [2.45, 2.75) is 20.3 Å². The lowest BCUT2D eigenvalue weighted by molar-refractivity contribution is -0.130. The molecule has 0 radical (unpaired) electrons. The van der Waals surface area contributed by atoms with E-state index in [4.69, 9.17) is 11.6 Å². The van der Waals surface area contributed by atoms with Crippen LogP contribution in [0.15, 0.2) is 18.2 Å². The third-order valence-corrected chi connectivity index (χ3v) is 2.71. The van der Waals surface area contributed by atoms with E-state index in [1.165, 1.54) is 6.07 Å². The SMILES string of the molecule is CCN(CC)C(=O)Cc1ccc(Cl)cc1F. The van der Waals surface area contributed by atoms with Gasteiger partial charge < -0.3 is 4.90 Å². The molecule has 0 bridgehead atoms. The number of nitrogens with zero attached hydrogens (tertiary/aromatic N) is 1. The Kier molecular flexibility index (Phi) is 4.74. The van der Waals surface area contributed by atoms with Gasteiger partial charge in [-0.25, -0.2) is 4.39 Å². The van der Waals surface area contributed by atoms with E-state index >= 15 is 0 Å². The summed E-state index contributed by atoms with van der Waals surface area (Å²) in [4.78, 5) is 13.4. The Morgan fingerprint density at radius 1 is 1.38 bits per heavy atom. The van der Waals surface area contributed by atoms with Gasteiger partial charge in [0.15, 0.2) is 0 Å². The second kappa shape index (κ2) is 5.85. The van der Waals surface area contributed by atoms with Crippen molar-refractivity contribution in [3.05, 3.63) is 34.6 Å². The molecule has 0 spiro atoms. The number of halogens is 2. The Morgan fingerprint density at radius 3 is 2.50 bits per heavy atom. The fourth-order valence-corrected chi connectivity index (χ4v) is 1.67. The maximum atomic E-state index is 13.4. The van der Waals surface area contributed by atoms with Crippen molar-refractivity contribution < 1.29 is 9.18 Å². The lowest BCUT2D eigenvalue weighted by Crippen LogP contribution is -2.31. The topological polar surface area (TPSA) is 20.3 Å². The molecule has 0 fully saturated rings. The molecule has 0 saturated carbocycles. The van der Waals surface area contributed by atoms with Crippen LogP contribution in [0, 0.1) is 5.82 Å². The van der Waals surface area contributed by atoms with Gasteiger partial charge in [0.1, 0.15) is 5.82 Å². The molecule has 16 heavy (non-hydrogen) atoms. The van der Waals surface area contributed by atoms with E-state index < -0.39 is 5.82 Å². The van der Waals surface area contributed by atoms with Gasteiger partial charge in [-0.05, 0) is 31.5 Å². The van der Waals surface area contributed by atoms with Crippen molar-refractivity contribution in [3.63, 3.8) is 0 Å². The minimum absolute atomic E-state index is 0.0637. The number of likely N-dealkylation sites (N-methyl/N-ethyl adjacent to an activating group) is 1. The van der Waals surface area contributed by atoms with Crippen molar-refractivity contribution in [1.82, 2.24) is 4.90 Å². The molecule has 0 atom stereocenters. The molecular formula is C12H15ClFNO. The zero-order chi connectivity index (χ0) is 12.1. The van der Waals surface area contributed by atoms with Crippen LogP contribution in [0.4, 0.5) is 4.39 Å². The molecule has 0 N–H and O–H groups in total. The van der Waals surface area contributed by atoms with Crippen LogP contribution in [0.1, 0.15) is 19.4 Å². The Morgan fingerprint density at radius 2 is 2.00 bits per heavy atom. The van der Waals surface area contributed by atoms with Crippen molar-refractivity contribution in [2.24, 2.45) is 0 Å². The molecule has 0 aliphatic rings. The van der Waals surface area contributed by atoms with Crippen LogP contribution in [0.3, 0.4) is 0 Å². The molecule has 4 heteroatoms. The summed E-state index contributed by atoms with van der Waals surface area (Å²) in [5, 5.41) is 0.344. The minimum Gasteiger partial charge on any atom is -0.343 e. The largest absolute Gasteiger partial charge is 0.343 e. The van der Waals surface area contributed by atoms with Crippen molar-refractivity contribution >= 4 is 17.5 Å². The molecule has 0 heterocycles. The minimum atomic E-state index is -0.423. The smallest absolute Gasteiger partial charge is 0.227 e. The highest BCUT2D eigenvalue weighted by Gasteiger charge is 2.13. The van der Waals surface area contributed by atoms with Crippen LogP contribution in [-0.4, -0.2) is 23.9 Å². The van der Waals surface area contributed by atoms with Crippen molar-refractivity contribution in [2.75, 3.05) is 13.1 Å². The quantitative estimate of drug-likeness (QED) is 0.796. The van der Waals surface area contributed by atoms with Crippen LogP contribution in [-0.2, 0) is 11.2 Å². The molecule has 1 rings (SSSR count). The number of hydrogen-bond acceptors (Lipinski definition) is 1. The second-order valence-electron chi connectivity index (χ2n) is 3.48. The summed E-state index contributed by atoms with van der Waals surface area (Å²) in [6.45, 7) is 5.09. The van der Waals surface area contributed by atoms with Crippen molar-refractivity contribution in [1.29, 1.82) is 0 Å². The average Bonchev–Trinajstić information content (AvgIpc) is 2.24. The van der Waals surface area contributed by atoms with E-state index in [2.05, 4.69) is 0 Å². The molecule has 0 saturated heterocycles. The Hall–Kier alpha value is -1.09. The Labute approximate surface area is 100 Å². The summed E-state index contributed by atoms with van der Waals surface area (Å²) in [6, 6.07) is 4.38. The van der Waals surface area contributed by atoms with Crippen LogP contribution < -0.4 is 0 Å². The first-order valence-electron chi connectivity index (χ1n) is 5.30. The molecule has 1 amide bonds. The van der Waals surface area contributed by atoms with E-state index in [1.807, 2.05) is 13.8 Å². The Bertz CT molecular complexity index is 377. The second-order valence-corrected chi connectivity index (χ2v) is 3.91. The first-order valence-corrected chi connectivity index (χ1v) is 5.68. The molecule has 0 aliphatic carbocycles. The predicted octanol–water partition coefficient (Wildman–Crippen LogP) is 2.89. The van der Waals surface area contributed by atoms with E-state index in [0.717, 1.165) is 0 Å². The summed E-state index contributed by atoms with van der Waals surface area (Å²) in [7, 11) is 0. The van der Waals surface area contributed by atoms with Gasteiger partial charge >= 0.3 is 0 Å². The number of carbonyl (C=O) groups is 1. The highest BCUT2D eigenvalue weighted by atomic mass is 35.5. The summed E-state index contributed by atoms with van der Waals surface area (Å²) in [5.74, 6) is -0.487. The standard InChI is InChI=1S/C12H15ClFNO/c1-3-15(4-2)12(16)7-9-5-6-10(13)8-11(9)14/h5-6,8H,3-4,7H2,1-2H3. The van der Waals surface area contributed by atoms with Gasteiger partial charge in [-0.1, -0.05) is 17.7 Å². The number of amides is 1. The number of rotatable bonds is 4. The lowest BCUT2D eigenvalue weighted by atomic mass is 10.1. The third kappa shape index (κ3) is 3.20. The van der Waals surface area contributed by atoms with E-state index in [-0.39, 0.29) is 12.3 Å². The molecule has 0 unspecified atom stereocenters. The molecule has 88 valence electrons. The fourth-order valence-electron chi connectivity index (χ4n) is 1.52. The van der Waals surface area contributed by atoms with Crippen LogP contribution in [0.2, 0.25) is 5.02 Å². The average molecular weight is 244 g/mol. The highest BCUT2D eigenvalue weighted by Crippen LogP contribution is 2.15.